The third kappa shape index (κ3) is 4.60. The highest BCUT2D eigenvalue weighted by molar-refractivity contribution is 7.16. The summed E-state index contributed by atoms with van der Waals surface area (Å²) in [7, 11) is 0. The summed E-state index contributed by atoms with van der Waals surface area (Å²) < 4.78 is 6.18. The van der Waals surface area contributed by atoms with E-state index in [1.54, 1.807) is 30.5 Å². The largest absolute Gasteiger partial charge is 0.461 e. The van der Waals surface area contributed by atoms with Gasteiger partial charge in [-0.2, -0.15) is 9.78 Å². The Bertz CT molecular complexity index is 1470. The molecule has 4 rings (SSSR count). The zero-order valence-electron chi connectivity index (χ0n) is 16.9. The number of rotatable bonds is 5. The van der Waals surface area contributed by atoms with Gasteiger partial charge in [0.15, 0.2) is 5.69 Å². The van der Waals surface area contributed by atoms with Crippen molar-refractivity contribution < 1.29 is 14.3 Å². The number of hydrogen-bond acceptors (Lipinski definition) is 6. The van der Waals surface area contributed by atoms with Gasteiger partial charge in [0.1, 0.15) is 5.00 Å². The van der Waals surface area contributed by atoms with Crippen LogP contribution in [0.3, 0.4) is 0 Å². The first-order valence-corrected chi connectivity index (χ1v) is 11.6. The molecule has 0 aliphatic heterocycles. The first-order valence-electron chi connectivity index (χ1n) is 9.54. The van der Waals surface area contributed by atoms with Crippen molar-refractivity contribution in [2.45, 2.75) is 6.92 Å². The SMILES string of the molecule is CCOC(=O)c1nn(-c2cccc(Cl)c2)c(=O)c2c(NC(=O)c3ccc(Cl)cc3Cl)scc12. The lowest BCUT2D eigenvalue weighted by molar-refractivity contribution is 0.0520. The Labute approximate surface area is 206 Å². The van der Waals surface area contributed by atoms with Gasteiger partial charge in [0, 0.05) is 20.8 Å². The summed E-state index contributed by atoms with van der Waals surface area (Å²) in [5.74, 6) is -1.24. The summed E-state index contributed by atoms with van der Waals surface area (Å²) in [5.41, 5.74) is -0.0756. The molecule has 1 amide bonds. The average molecular weight is 523 g/mol. The molecule has 168 valence electrons. The van der Waals surface area contributed by atoms with Gasteiger partial charge in [-0.05, 0) is 43.3 Å². The van der Waals surface area contributed by atoms with Crippen LogP contribution in [0.15, 0.2) is 52.6 Å². The van der Waals surface area contributed by atoms with Crippen LogP contribution in [0.1, 0.15) is 27.8 Å². The molecule has 0 unspecified atom stereocenters. The maximum Gasteiger partial charge on any atom is 0.359 e. The van der Waals surface area contributed by atoms with Crippen molar-refractivity contribution in [3.05, 3.63) is 84.5 Å². The van der Waals surface area contributed by atoms with Crippen molar-refractivity contribution in [2.75, 3.05) is 11.9 Å². The molecule has 0 saturated heterocycles. The summed E-state index contributed by atoms with van der Waals surface area (Å²) in [6.07, 6.45) is 0. The molecule has 1 N–H and O–H groups in total. The van der Waals surface area contributed by atoms with Crippen molar-refractivity contribution in [3.63, 3.8) is 0 Å². The number of anilines is 1. The molecular weight excluding hydrogens is 509 g/mol. The number of benzene rings is 2. The lowest BCUT2D eigenvalue weighted by atomic mass is 10.2. The highest BCUT2D eigenvalue weighted by Crippen LogP contribution is 2.32. The molecule has 11 heteroatoms. The fraction of sp³-hybridized carbons (Fsp3) is 0.0909. The topological polar surface area (TPSA) is 90.3 Å². The van der Waals surface area contributed by atoms with Crippen LogP contribution in [0.4, 0.5) is 5.00 Å². The van der Waals surface area contributed by atoms with Gasteiger partial charge in [-0.1, -0.05) is 40.9 Å². The van der Waals surface area contributed by atoms with E-state index in [-0.39, 0.29) is 38.7 Å². The minimum Gasteiger partial charge on any atom is -0.461 e. The molecule has 2 aromatic carbocycles. The number of amides is 1. The molecule has 33 heavy (non-hydrogen) atoms. The standard InChI is InChI=1S/C22H14Cl3N3O4S/c1-2-32-22(31)18-15-10-33-20(26-19(29)14-7-6-12(24)9-16(14)25)17(15)21(30)28(27-18)13-5-3-4-11(23)8-13/h3-10H,2H2,1H3,(H,26,29). The summed E-state index contributed by atoms with van der Waals surface area (Å²) in [6.45, 7) is 1.79. The van der Waals surface area contributed by atoms with Crippen LogP contribution in [0.5, 0.6) is 0 Å². The third-order valence-corrected chi connectivity index (χ3v) is 6.26. The fourth-order valence-corrected chi connectivity index (χ4v) is 4.73. The van der Waals surface area contributed by atoms with E-state index < -0.39 is 17.4 Å². The number of carbonyl (C=O) groups excluding carboxylic acids is 2. The molecule has 2 heterocycles. The molecule has 2 aromatic heterocycles. The summed E-state index contributed by atoms with van der Waals surface area (Å²) in [5, 5.41) is 10.0. The normalized spacial score (nSPS) is 10.9. The molecule has 7 nitrogen and oxygen atoms in total. The molecule has 0 radical (unpaired) electrons. The summed E-state index contributed by atoms with van der Waals surface area (Å²) in [4.78, 5) is 38.9. The van der Waals surface area contributed by atoms with Crippen molar-refractivity contribution in [2.24, 2.45) is 0 Å². The Morgan fingerprint density at radius 2 is 1.88 bits per heavy atom. The molecule has 4 aromatic rings. The van der Waals surface area contributed by atoms with Crippen LogP contribution < -0.4 is 10.9 Å². The molecule has 0 atom stereocenters. The van der Waals surface area contributed by atoms with Crippen LogP contribution in [0.2, 0.25) is 15.1 Å². The molecule has 0 fully saturated rings. The molecule has 0 saturated carbocycles. The molecule has 0 aliphatic carbocycles. The van der Waals surface area contributed by atoms with Crippen molar-refractivity contribution in [1.82, 2.24) is 9.78 Å². The lowest BCUT2D eigenvalue weighted by Crippen LogP contribution is -2.25. The zero-order valence-corrected chi connectivity index (χ0v) is 20.0. The lowest BCUT2D eigenvalue weighted by Gasteiger charge is -2.10. The van der Waals surface area contributed by atoms with E-state index >= 15 is 0 Å². The van der Waals surface area contributed by atoms with Crippen LogP contribution in [-0.4, -0.2) is 28.3 Å². The van der Waals surface area contributed by atoms with E-state index in [4.69, 9.17) is 39.5 Å². The smallest absolute Gasteiger partial charge is 0.359 e. The van der Waals surface area contributed by atoms with Gasteiger partial charge < -0.3 is 10.1 Å². The minimum absolute atomic E-state index is 0.0623. The minimum atomic E-state index is -0.699. The predicted octanol–water partition coefficient (Wildman–Crippen LogP) is 5.84. The quantitative estimate of drug-likeness (QED) is 0.333. The Morgan fingerprint density at radius 1 is 1.12 bits per heavy atom. The van der Waals surface area contributed by atoms with Gasteiger partial charge in [0.25, 0.3) is 11.5 Å². The number of hydrogen-bond donors (Lipinski definition) is 1. The predicted molar refractivity (Wildman–Crippen MR) is 131 cm³/mol. The number of esters is 1. The van der Waals surface area contributed by atoms with Gasteiger partial charge in [0.2, 0.25) is 0 Å². The summed E-state index contributed by atoms with van der Waals surface area (Å²) >= 11 is 19.2. The number of fused-ring (bicyclic) bond motifs is 1. The van der Waals surface area contributed by atoms with E-state index in [1.807, 2.05) is 0 Å². The van der Waals surface area contributed by atoms with Crippen molar-refractivity contribution >= 4 is 73.8 Å². The van der Waals surface area contributed by atoms with Gasteiger partial charge in [-0.3, -0.25) is 9.59 Å². The first kappa shape index (κ1) is 23.3. The van der Waals surface area contributed by atoms with E-state index in [0.717, 1.165) is 16.0 Å². The fourth-order valence-electron chi connectivity index (χ4n) is 3.12. The number of halogens is 3. The van der Waals surface area contributed by atoms with Gasteiger partial charge >= 0.3 is 5.97 Å². The second-order valence-electron chi connectivity index (χ2n) is 6.70. The Hall–Kier alpha value is -2.91. The summed E-state index contributed by atoms with van der Waals surface area (Å²) in [6, 6.07) is 10.9. The van der Waals surface area contributed by atoms with E-state index in [2.05, 4.69) is 10.4 Å². The molecule has 0 bridgehead atoms. The number of nitrogens with one attached hydrogen (secondary N) is 1. The molecule has 0 spiro atoms. The number of thiophene rings is 1. The third-order valence-electron chi connectivity index (χ3n) is 4.58. The first-order chi connectivity index (χ1) is 15.8. The number of carbonyl (C=O) groups is 2. The number of aromatic nitrogens is 2. The Morgan fingerprint density at radius 3 is 2.58 bits per heavy atom. The maximum absolute atomic E-state index is 13.4. The van der Waals surface area contributed by atoms with Crippen LogP contribution >= 0.6 is 46.1 Å². The second-order valence-corrected chi connectivity index (χ2v) is 8.86. The van der Waals surface area contributed by atoms with Gasteiger partial charge in [-0.15, -0.1) is 11.3 Å². The zero-order chi connectivity index (χ0) is 23.7. The molecule has 0 aliphatic rings. The highest BCUT2D eigenvalue weighted by atomic mass is 35.5. The van der Waals surface area contributed by atoms with Gasteiger partial charge in [-0.25, -0.2) is 4.79 Å². The van der Waals surface area contributed by atoms with Crippen LogP contribution in [0, 0.1) is 0 Å². The van der Waals surface area contributed by atoms with Gasteiger partial charge in [0.05, 0.1) is 28.3 Å². The van der Waals surface area contributed by atoms with E-state index in [9.17, 15) is 14.4 Å². The highest BCUT2D eigenvalue weighted by Gasteiger charge is 2.24. The Balaban J connectivity index is 1.89. The second kappa shape index (κ2) is 9.52. The van der Waals surface area contributed by atoms with Crippen LogP contribution in [-0.2, 0) is 4.74 Å². The van der Waals surface area contributed by atoms with E-state index in [1.165, 1.54) is 24.3 Å². The van der Waals surface area contributed by atoms with Crippen molar-refractivity contribution in [1.29, 1.82) is 0 Å². The Kier molecular flexibility index (Phi) is 6.71. The monoisotopic (exact) mass is 521 g/mol. The number of nitrogens with zero attached hydrogens (tertiary/aromatic N) is 2. The van der Waals surface area contributed by atoms with Crippen LogP contribution in [0.25, 0.3) is 16.5 Å². The average Bonchev–Trinajstić information content (AvgIpc) is 3.18. The number of ether oxygens (including phenoxy) is 1. The van der Waals surface area contributed by atoms with Crippen molar-refractivity contribution in [3.8, 4) is 5.69 Å². The molecular formula is C22H14Cl3N3O4S. The van der Waals surface area contributed by atoms with E-state index in [0.29, 0.717) is 15.7 Å². The maximum atomic E-state index is 13.4.